The van der Waals surface area contributed by atoms with Crippen LogP contribution in [0.5, 0.6) is 0 Å². The quantitative estimate of drug-likeness (QED) is 0.744. The maximum atomic E-state index is 12.8. The lowest BCUT2D eigenvalue weighted by atomic mass is 10.1. The number of amides is 1. The van der Waals surface area contributed by atoms with Crippen molar-refractivity contribution >= 4 is 17.2 Å². The molecule has 0 bridgehead atoms. The zero-order valence-electron chi connectivity index (χ0n) is 13.7. The van der Waals surface area contributed by atoms with E-state index in [1.807, 2.05) is 28.8 Å². The van der Waals surface area contributed by atoms with Gasteiger partial charge in [0.25, 0.3) is 0 Å². The molecule has 0 aliphatic carbocycles. The summed E-state index contributed by atoms with van der Waals surface area (Å²) in [6, 6.07) is 4.01. The molecule has 2 heterocycles. The van der Waals surface area contributed by atoms with Gasteiger partial charge in [-0.25, -0.2) is 0 Å². The number of aryl methyl sites for hydroxylation is 1. The lowest BCUT2D eigenvalue weighted by molar-refractivity contribution is -0.136. The van der Waals surface area contributed by atoms with Crippen molar-refractivity contribution in [2.24, 2.45) is 5.92 Å². The number of carbonyl (C=O) groups is 1. The van der Waals surface area contributed by atoms with Crippen LogP contribution in [-0.4, -0.2) is 27.1 Å². The van der Waals surface area contributed by atoms with Gasteiger partial charge in [-0.1, -0.05) is 20.3 Å². The molecule has 120 valence electrons. The van der Waals surface area contributed by atoms with Crippen LogP contribution < -0.4 is 0 Å². The highest BCUT2D eigenvalue weighted by Gasteiger charge is 2.21. The molecule has 1 amide bonds. The summed E-state index contributed by atoms with van der Waals surface area (Å²) in [5.74, 6) is 0.161. The highest BCUT2D eigenvalue weighted by Crippen LogP contribution is 2.19. The third-order valence-electron chi connectivity index (χ3n) is 3.84. The van der Waals surface area contributed by atoms with Gasteiger partial charge >= 0.3 is 0 Å². The Morgan fingerprint density at radius 2 is 2.32 bits per heavy atom. The first-order valence-corrected chi connectivity index (χ1v) is 8.79. The number of hydrogen-bond donors (Lipinski definition) is 0. The number of aromatic nitrogens is 2. The van der Waals surface area contributed by atoms with Gasteiger partial charge in [-0.15, -0.1) is 11.3 Å². The molecule has 0 aliphatic heterocycles. The summed E-state index contributed by atoms with van der Waals surface area (Å²) < 4.78 is 1.83. The van der Waals surface area contributed by atoms with Crippen molar-refractivity contribution in [3.63, 3.8) is 0 Å². The molecule has 4 nitrogen and oxygen atoms in total. The topological polar surface area (TPSA) is 38.1 Å². The van der Waals surface area contributed by atoms with Crippen LogP contribution in [0.15, 0.2) is 29.9 Å². The zero-order valence-corrected chi connectivity index (χ0v) is 14.5. The Bertz CT molecular complexity index is 577. The molecule has 22 heavy (non-hydrogen) atoms. The first-order valence-electron chi connectivity index (χ1n) is 7.91. The fourth-order valence-corrected chi connectivity index (χ4v) is 3.36. The van der Waals surface area contributed by atoms with E-state index >= 15 is 0 Å². The second kappa shape index (κ2) is 8.13. The van der Waals surface area contributed by atoms with Crippen molar-refractivity contribution in [3.8, 4) is 0 Å². The molecule has 0 saturated heterocycles. The molecule has 0 N–H and O–H groups in total. The number of carbonyl (C=O) groups excluding carboxylic acids is 1. The van der Waals surface area contributed by atoms with Crippen LogP contribution in [0.3, 0.4) is 0 Å². The van der Waals surface area contributed by atoms with Crippen LogP contribution in [0.2, 0.25) is 0 Å². The van der Waals surface area contributed by atoms with E-state index in [0.29, 0.717) is 6.54 Å². The SMILES string of the molecule is CCCCN(Cc1sccc1C)C(=O)[C@H](C)Cn1cccn1. The molecule has 0 fully saturated rings. The minimum absolute atomic E-state index is 0.0583. The normalized spacial score (nSPS) is 12.3. The van der Waals surface area contributed by atoms with Gasteiger partial charge in [-0.05, 0) is 36.4 Å². The molecular formula is C17H25N3OS. The van der Waals surface area contributed by atoms with Gasteiger partial charge in [0.15, 0.2) is 0 Å². The molecule has 0 aromatic carbocycles. The Kier molecular flexibility index (Phi) is 6.19. The number of thiophene rings is 1. The van der Waals surface area contributed by atoms with Crippen molar-refractivity contribution in [2.45, 2.75) is 46.7 Å². The Hall–Kier alpha value is -1.62. The van der Waals surface area contributed by atoms with Crippen molar-refractivity contribution in [3.05, 3.63) is 40.3 Å². The van der Waals surface area contributed by atoms with Gasteiger partial charge in [0.05, 0.1) is 19.0 Å². The van der Waals surface area contributed by atoms with Crippen LogP contribution in [0, 0.1) is 12.8 Å². The maximum Gasteiger partial charge on any atom is 0.227 e. The molecule has 2 aromatic rings. The summed E-state index contributed by atoms with van der Waals surface area (Å²) in [6.07, 6.45) is 5.80. The molecule has 0 spiro atoms. The number of nitrogens with zero attached hydrogens (tertiary/aromatic N) is 3. The summed E-state index contributed by atoms with van der Waals surface area (Å²) in [6.45, 7) is 8.46. The Labute approximate surface area is 136 Å². The fourth-order valence-electron chi connectivity index (χ4n) is 2.43. The molecule has 2 rings (SSSR count). The molecule has 0 radical (unpaired) electrons. The third kappa shape index (κ3) is 4.44. The third-order valence-corrected chi connectivity index (χ3v) is 4.85. The lowest BCUT2D eigenvalue weighted by Gasteiger charge is -2.26. The van der Waals surface area contributed by atoms with Crippen molar-refractivity contribution in [1.82, 2.24) is 14.7 Å². The van der Waals surface area contributed by atoms with E-state index in [1.165, 1.54) is 10.4 Å². The van der Waals surface area contributed by atoms with Crippen LogP contribution in [0.25, 0.3) is 0 Å². The predicted molar refractivity (Wildman–Crippen MR) is 90.8 cm³/mol. The van der Waals surface area contributed by atoms with E-state index in [1.54, 1.807) is 17.5 Å². The number of unbranched alkanes of at least 4 members (excludes halogenated alkanes) is 1. The van der Waals surface area contributed by atoms with E-state index < -0.39 is 0 Å². The molecular weight excluding hydrogens is 294 g/mol. The van der Waals surface area contributed by atoms with Gasteiger partial charge in [-0.3, -0.25) is 9.48 Å². The van der Waals surface area contributed by atoms with Crippen molar-refractivity contribution in [2.75, 3.05) is 6.54 Å². The summed E-state index contributed by atoms with van der Waals surface area (Å²) in [5, 5.41) is 6.30. The molecule has 2 aromatic heterocycles. The Balaban J connectivity index is 2.03. The van der Waals surface area contributed by atoms with Crippen LogP contribution in [-0.2, 0) is 17.9 Å². The van der Waals surface area contributed by atoms with Crippen LogP contribution >= 0.6 is 11.3 Å². The van der Waals surface area contributed by atoms with Gasteiger partial charge in [-0.2, -0.15) is 5.10 Å². The second-order valence-electron chi connectivity index (χ2n) is 5.77. The smallest absolute Gasteiger partial charge is 0.227 e. The highest BCUT2D eigenvalue weighted by molar-refractivity contribution is 7.10. The maximum absolute atomic E-state index is 12.8. The number of rotatable bonds is 8. The van der Waals surface area contributed by atoms with E-state index in [2.05, 4.69) is 30.4 Å². The van der Waals surface area contributed by atoms with E-state index in [-0.39, 0.29) is 11.8 Å². The van der Waals surface area contributed by atoms with Crippen molar-refractivity contribution in [1.29, 1.82) is 0 Å². The minimum atomic E-state index is -0.0583. The van der Waals surface area contributed by atoms with Gasteiger partial charge in [0.2, 0.25) is 5.91 Å². The summed E-state index contributed by atoms with van der Waals surface area (Å²) >= 11 is 1.73. The van der Waals surface area contributed by atoms with Crippen LogP contribution in [0.4, 0.5) is 0 Å². The average molecular weight is 319 g/mol. The van der Waals surface area contributed by atoms with E-state index in [9.17, 15) is 4.79 Å². The summed E-state index contributed by atoms with van der Waals surface area (Å²) in [5.41, 5.74) is 1.28. The first-order chi connectivity index (χ1) is 10.6. The van der Waals surface area contributed by atoms with E-state index in [4.69, 9.17) is 0 Å². The van der Waals surface area contributed by atoms with Gasteiger partial charge in [0.1, 0.15) is 0 Å². The van der Waals surface area contributed by atoms with Crippen LogP contribution in [0.1, 0.15) is 37.1 Å². The molecule has 0 unspecified atom stereocenters. The molecule has 1 atom stereocenters. The molecule has 5 heteroatoms. The second-order valence-corrected chi connectivity index (χ2v) is 6.77. The standard InChI is InChI=1S/C17H25N3OS/c1-4-5-9-19(13-16-14(2)7-11-22-16)17(21)15(3)12-20-10-6-8-18-20/h6-8,10-11,15H,4-5,9,12-13H2,1-3H3/t15-/m1/s1. The first kappa shape index (κ1) is 16.7. The number of hydrogen-bond acceptors (Lipinski definition) is 3. The highest BCUT2D eigenvalue weighted by atomic mass is 32.1. The largest absolute Gasteiger partial charge is 0.337 e. The van der Waals surface area contributed by atoms with Gasteiger partial charge in [0, 0.05) is 23.8 Å². The monoisotopic (exact) mass is 319 g/mol. The zero-order chi connectivity index (χ0) is 15.9. The lowest BCUT2D eigenvalue weighted by Crippen LogP contribution is -2.37. The summed E-state index contributed by atoms with van der Waals surface area (Å²) in [7, 11) is 0. The van der Waals surface area contributed by atoms with E-state index in [0.717, 1.165) is 25.9 Å². The average Bonchev–Trinajstić information content (AvgIpc) is 3.15. The predicted octanol–water partition coefficient (Wildman–Crippen LogP) is 3.72. The Morgan fingerprint density at radius 1 is 1.50 bits per heavy atom. The van der Waals surface area contributed by atoms with Crippen molar-refractivity contribution < 1.29 is 4.79 Å². The fraction of sp³-hybridized carbons (Fsp3) is 0.529. The minimum Gasteiger partial charge on any atom is -0.337 e. The van der Waals surface area contributed by atoms with Gasteiger partial charge < -0.3 is 4.90 Å². The molecule has 0 aliphatic rings. The summed E-state index contributed by atoms with van der Waals surface area (Å²) in [4.78, 5) is 16.1. The molecule has 0 saturated carbocycles. The Morgan fingerprint density at radius 3 is 2.91 bits per heavy atom.